The number of unbranched alkanes of at least 4 members (excludes halogenated alkanes) is 27. The summed E-state index contributed by atoms with van der Waals surface area (Å²) >= 11 is 0. The van der Waals surface area contributed by atoms with Crippen molar-refractivity contribution in [3.63, 3.8) is 0 Å². The molecule has 1 aliphatic rings. The normalized spacial score (nSPS) is 22.1. The predicted molar refractivity (Wildman–Crippen MR) is 249 cm³/mol. The Balaban J connectivity index is 2.35. The monoisotopic (exact) mass is 905 g/mol. The second-order valence-electron chi connectivity index (χ2n) is 17.7. The molecule has 0 aromatic rings. The van der Waals surface area contributed by atoms with Gasteiger partial charge in [-0.25, -0.2) is 4.57 Å². The first-order valence-electron chi connectivity index (χ1n) is 25.2. The van der Waals surface area contributed by atoms with Gasteiger partial charge in [-0.3, -0.25) is 13.8 Å². The van der Waals surface area contributed by atoms with E-state index in [0.29, 0.717) is 13.0 Å². The van der Waals surface area contributed by atoms with Crippen molar-refractivity contribution in [2.45, 2.75) is 262 Å². The number of phosphoric acid groups is 1. The van der Waals surface area contributed by atoms with Gasteiger partial charge in [0.25, 0.3) is 0 Å². The van der Waals surface area contributed by atoms with Crippen LogP contribution < -0.4 is 0 Å². The van der Waals surface area contributed by atoms with Gasteiger partial charge in [0.15, 0.2) is 0 Å². The third-order valence-corrected chi connectivity index (χ3v) is 12.8. The fourth-order valence-electron chi connectivity index (χ4n) is 7.80. The largest absolute Gasteiger partial charge is 0.472 e. The Labute approximate surface area is 377 Å². The van der Waals surface area contributed by atoms with Crippen LogP contribution in [0.2, 0.25) is 0 Å². The number of ether oxygens (including phenoxy) is 2. The van der Waals surface area contributed by atoms with Crippen LogP contribution in [-0.4, -0.2) is 98.9 Å². The number of hydrogen-bond acceptors (Lipinski definition) is 11. The summed E-state index contributed by atoms with van der Waals surface area (Å²) in [6.45, 7) is 4.26. The number of phosphoric ester groups is 1. The van der Waals surface area contributed by atoms with E-state index >= 15 is 0 Å². The molecule has 0 heterocycles. The Kier molecular flexibility index (Phi) is 38.1. The molecule has 0 radical (unpaired) electrons. The lowest BCUT2D eigenvalue weighted by atomic mass is 9.85. The van der Waals surface area contributed by atoms with Crippen LogP contribution in [0.25, 0.3) is 0 Å². The topological polar surface area (TPSA) is 192 Å². The Bertz CT molecular complexity index is 1120. The molecule has 0 aliphatic heterocycles. The molecule has 0 aromatic carbocycles. The summed E-state index contributed by atoms with van der Waals surface area (Å²) in [5.41, 5.74) is 0. The van der Waals surface area contributed by atoms with Gasteiger partial charge in [-0.1, -0.05) is 192 Å². The fraction of sp³-hybridized carbons (Fsp3) is 0.898. The number of aliphatic hydroxyl groups excluding tert-OH is 5. The summed E-state index contributed by atoms with van der Waals surface area (Å²) in [7, 11) is -5.02. The van der Waals surface area contributed by atoms with Crippen LogP contribution in [0.5, 0.6) is 0 Å². The van der Waals surface area contributed by atoms with Gasteiger partial charge >= 0.3 is 13.8 Å². The second-order valence-corrected chi connectivity index (χ2v) is 19.1. The summed E-state index contributed by atoms with van der Waals surface area (Å²) in [6, 6.07) is 0. The molecule has 366 valence electrons. The van der Waals surface area contributed by atoms with Crippen molar-refractivity contribution in [1.82, 2.24) is 0 Å². The number of rotatable bonds is 43. The highest BCUT2D eigenvalue weighted by Gasteiger charge is 2.51. The van der Waals surface area contributed by atoms with Crippen molar-refractivity contribution in [3.8, 4) is 0 Å². The van der Waals surface area contributed by atoms with E-state index in [2.05, 4.69) is 38.2 Å². The second kappa shape index (κ2) is 40.1. The maximum atomic E-state index is 12.8. The van der Waals surface area contributed by atoms with Crippen LogP contribution in [-0.2, 0) is 27.9 Å². The molecule has 0 amide bonds. The van der Waals surface area contributed by atoms with Crippen LogP contribution in [0.4, 0.5) is 0 Å². The van der Waals surface area contributed by atoms with Crippen LogP contribution in [0, 0.1) is 0 Å². The molecule has 1 aliphatic carbocycles. The van der Waals surface area contributed by atoms with E-state index in [0.717, 1.165) is 64.2 Å². The Morgan fingerprint density at radius 3 is 1.37 bits per heavy atom. The van der Waals surface area contributed by atoms with E-state index in [1.165, 1.54) is 128 Å². The molecule has 6 unspecified atom stereocenters. The molecule has 1 rings (SSSR count). The summed E-state index contributed by atoms with van der Waals surface area (Å²) in [6.07, 6.45) is 33.9. The number of esters is 1. The predicted octanol–water partition coefficient (Wildman–Crippen LogP) is 10.9. The molecule has 6 atom stereocenters. The maximum Gasteiger partial charge on any atom is 0.472 e. The van der Waals surface area contributed by atoms with Crippen LogP contribution in [0.3, 0.4) is 0 Å². The Hall–Kier alpha value is -1.18. The summed E-state index contributed by atoms with van der Waals surface area (Å²) < 4.78 is 34.3. The number of allylic oxidation sites excluding steroid dienone is 4. The van der Waals surface area contributed by atoms with E-state index in [-0.39, 0.29) is 13.0 Å². The van der Waals surface area contributed by atoms with E-state index in [1.54, 1.807) is 0 Å². The van der Waals surface area contributed by atoms with Crippen LogP contribution in [0.1, 0.15) is 219 Å². The van der Waals surface area contributed by atoms with Crippen LogP contribution >= 0.6 is 7.82 Å². The van der Waals surface area contributed by atoms with Gasteiger partial charge in [-0.2, -0.15) is 0 Å². The number of hydrogen-bond donors (Lipinski definition) is 6. The summed E-state index contributed by atoms with van der Waals surface area (Å²) in [5.74, 6) is -0.487. The molecule has 12 nitrogen and oxygen atoms in total. The van der Waals surface area contributed by atoms with Gasteiger partial charge in [-0.15, -0.1) is 0 Å². The molecule has 0 saturated heterocycles. The van der Waals surface area contributed by atoms with Crippen molar-refractivity contribution in [3.05, 3.63) is 24.3 Å². The lowest BCUT2D eigenvalue weighted by molar-refractivity contribution is -0.220. The molecule has 1 saturated carbocycles. The minimum absolute atomic E-state index is 0.0780. The summed E-state index contributed by atoms with van der Waals surface area (Å²) in [4.78, 5) is 23.2. The molecular weight excluding hydrogens is 812 g/mol. The van der Waals surface area contributed by atoms with E-state index in [1.807, 2.05) is 0 Å². The lowest BCUT2D eigenvalue weighted by Crippen LogP contribution is -2.64. The smallest absolute Gasteiger partial charge is 0.457 e. The minimum atomic E-state index is -5.02. The molecule has 0 spiro atoms. The van der Waals surface area contributed by atoms with E-state index in [9.17, 15) is 39.8 Å². The van der Waals surface area contributed by atoms with Crippen molar-refractivity contribution in [2.24, 2.45) is 0 Å². The standard InChI is InChI=1S/C49H93O12P/c1-3-5-7-9-11-13-15-17-19-21-22-23-25-27-29-31-33-35-37-39-58-40-42(41-59-62(56,57)61-49-47(54)45(52)44(51)46(53)48(49)55)60-43(50)38-36-34-32-30-28-26-24-20-18-16-14-12-10-8-6-4-2/h14,16,20,24,42,44-49,51-55H,3-13,15,17-19,21-23,25-41H2,1-2H3,(H,56,57)/b16-14-,24-20-. The van der Waals surface area contributed by atoms with E-state index in [4.69, 9.17) is 18.5 Å². The van der Waals surface area contributed by atoms with Gasteiger partial charge < -0.3 is 39.9 Å². The molecule has 13 heteroatoms. The minimum Gasteiger partial charge on any atom is -0.457 e. The highest BCUT2D eigenvalue weighted by atomic mass is 31.2. The average Bonchev–Trinajstić information content (AvgIpc) is 3.26. The maximum absolute atomic E-state index is 12.8. The average molecular weight is 905 g/mol. The highest BCUT2D eigenvalue weighted by Crippen LogP contribution is 2.47. The molecule has 0 aromatic heterocycles. The first kappa shape index (κ1) is 58.8. The Morgan fingerprint density at radius 2 is 0.903 bits per heavy atom. The SMILES string of the molecule is CCCCCC/C=C\C/C=C\CCCCCCCC(=O)OC(COCCCCCCCCCCCCCCCCCCCCC)COP(=O)(O)OC1C(O)C(O)C(O)C(O)C1O. The molecular formula is C49H93O12P. The first-order valence-corrected chi connectivity index (χ1v) is 26.7. The summed E-state index contributed by atoms with van der Waals surface area (Å²) in [5, 5.41) is 50.3. The number of aliphatic hydroxyl groups is 5. The van der Waals surface area contributed by atoms with Crippen molar-refractivity contribution in [1.29, 1.82) is 0 Å². The quantitative estimate of drug-likeness (QED) is 0.0147. The van der Waals surface area contributed by atoms with Crippen molar-refractivity contribution >= 4 is 13.8 Å². The number of carbonyl (C=O) groups is 1. The van der Waals surface area contributed by atoms with Gasteiger partial charge in [0.05, 0.1) is 13.2 Å². The van der Waals surface area contributed by atoms with Crippen molar-refractivity contribution in [2.75, 3.05) is 19.8 Å². The van der Waals surface area contributed by atoms with E-state index < -0.39 is 63.1 Å². The molecule has 62 heavy (non-hydrogen) atoms. The third kappa shape index (κ3) is 31.7. The van der Waals surface area contributed by atoms with Crippen LogP contribution in [0.15, 0.2) is 24.3 Å². The zero-order chi connectivity index (χ0) is 45.5. The zero-order valence-electron chi connectivity index (χ0n) is 39.2. The van der Waals surface area contributed by atoms with Crippen molar-refractivity contribution < 1.29 is 58.3 Å². The Morgan fingerprint density at radius 1 is 0.516 bits per heavy atom. The molecule has 1 fully saturated rings. The lowest BCUT2D eigenvalue weighted by Gasteiger charge is -2.41. The van der Waals surface area contributed by atoms with Gasteiger partial charge in [0, 0.05) is 13.0 Å². The zero-order valence-corrected chi connectivity index (χ0v) is 40.1. The fourth-order valence-corrected chi connectivity index (χ4v) is 8.77. The van der Waals surface area contributed by atoms with Gasteiger partial charge in [-0.05, 0) is 44.9 Å². The first-order chi connectivity index (χ1) is 30.0. The van der Waals surface area contributed by atoms with Gasteiger partial charge in [0.1, 0.15) is 42.7 Å². The molecule has 0 bridgehead atoms. The number of carbonyl (C=O) groups excluding carboxylic acids is 1. The van der Waals surface area contributed by atoms with Gasteiger partial charge in [0.2, 0.25) is 0 Å². The highest BCUT2D eigenvalue weighted by molar-refractivity contribution is 7.47. The molecule has 6 N–H and O–H groups in total. The third-order valence-electron chi connectivity index (χ3n) is 11.8.